The van der Waals surface area contributed by atoms with Crippen LogP contribution in [0.4, 0.5) is 16.0 Å². The van der Waals surface area contributed by atoms with Crippen molar-refractivity contribution >= 4 is 44.1 Å². The summed E-state index contributed by atoms with van der Waals surface area (Å²) in [5, 5.41) is 11.9. The molecule has 0 aliphatic rings. The standard InChI is InChI=1S/C15H9BrFN5/c16-9-5-6-13(11(17)7-9)20-15-19-12-4-2-1-3-10(12)14-21-18-8-22(14)15/h1-8H,(H,19,20). The Morgan fingerprint density at radius 3 is 2.86 bits per heavy atom. The molecule has 5 nitrogen and oxygen atoms in total. The van der Waals surface area contributed by atoms with Crippen LogP contribution < -0.4 is 5.32 Å². The fourth-order valence-electron chi connectivity index (χ4n) is 2.30. The molecule has 0 aliphatic carbocycles. The third kappa shape index (κ3) is 2.10. The molecule has 2 aromatic heterocycles. The summed E-state index contributed by atoms with van der Waals surface area (Å²) in [6.07, 6.45) is 1.55. The van der Waals surface area contributed by atoms with Crippen molar-refractivity contribution in [2.75, 3.05) is 5.32 Å². The zero-order chi connectivity index (χ0) is 15.1. The topological polar surface area (TPSA) is 55.1 Å². The molecule has 0 unspecified atom stereocenters. The van der Waals surface area contributed by atoms with Crippen LogP contribution in [0.5, 0.6) is 0 Å². The zero-order valence-corrected chi connectivity index (χ0v) is 12.7. The van der Waals surface area contributed by atoms with Gasteiger partial charge < -0.3 is 5.32 Å². The number of fused-ring (bicyclic) bond motifs is 3. The molecule has 4 aromatic rings. The van der Waals surface area contributed by atoms with E-state index in [0.717, 1.165) is 10.9 Å². The SMILES string of the molecule is Fc1cc(Br)ccc1Nc1nc2ccccc2c2nncn12. The van der Waals surface area contributed by atoms with Gasteiger partial charge >= 0.3 is 0 Å². The molecule has 0 atom stereocenters. The van der Waals surface area contributed by atoms with Crippen LogP contribution in [0.25, 0.3) is 16.6 Å². The Labute approximate surface area is 132 Å². The van der Waals surface area contributed by atoms with Gasteiger partial charge in [0.25, 0.3) is 0 Å². The van der Waals surface area contributed by atoms with Gasteiger partial charge in [0.2, 0.25) is 5.95 Å². The maximum atomic E-state index is 14.0. The number of hydrogen-bond donors (Lipinski definition) is 1. The van der Waals surface area contributed by atoms with E-state index in [2.05, 4.69) is 36.4 Å². The highest BCUT2D eigenvalue weighted by molar-refractivity contribution is 9.10. The summed E-state index contributed by atoms with van der Waals surface area (Å²) in [7, 11) is 0. The van der Waals surface area contributed by atoms with Crippen LogP contribution >= 0.6 is 15.9 Å². The first-order chi connectivity index (χ1) is 10.7. The Morgan fingerprint density at radius 1 is 1.14 bits per heavy atom. The maximum Gasteiger partial charge on any atom is 0.215 e. The van der Waals surface area contributed by atoms with Crippen molar-refractivity contribution in [3.8, 4) is 0 Å². The summed E-state index contributed by atoms with van der Waals surface area (Å²) in [5.41, 5.74) is 1.77. The minimum atomic E-state index is -0.370. The van der Waals surface area contributed by atoms with Crippen LogP contribution in [0.3, 0.4) is 0 Å². The van der Waals surface area contributed by atoms with Crippen molar-refractivity contribution in [3.63, 3.8) is 0 Å². The van der Waals surface area contributed by atoms with Gasteiger partial charge in [0.05, 0.1) is 11.2 Å². The smallest absolute Gasteiger partial charge is 0.215 e. The molecule has 4 rings (SSSR count). The van der Waals surface area contributed by atoms with E-state index in [0.29, 0.717) is 21.8 Å². The Bertz CT molecular complexity index is 998. The third-order valence-electron chi connectivity index (χ3n) is 3.32. The lowest BCUT2D eigenvalue weighted by molar-refractivity contribution is 0.630. The van der Waals surface area contributed by atoms with Crippen LogP contribution in [-0.2, 0) is 0 Å². The predicted molar refractivity (Wildman–Crippen MR) is 85.7 cm³/mol. The Morgan fingerprint density at radius 2 is 2.00 bits per heavy atom. The number of benzene rings is 2. The number of nitrogens with zero attached hydrogens (tertiary/aromatic N) is 4. The summed E-state index contributed by atoms with van der Waals surface area (Å²) in [6, 6.07) is 12.4. The molecule has 0 saturated heterocycles. The summed E-state index contributed by atoms with van der Waals surface area (Å²) in [6.45, 7) is 0. The summed E-state index contributed by atoms with van der Waals surface area (Å²) < 4.78 is 16.4. The Hall–Kier alpha value is -2.54. The first-order valence-electron chi connectivity index (χ1n) is 6.53. The van der Waals surface area contributed by atoms with E-state index in [1.54, 1.807) is 22.9 Å². The molecule has 22 heavy (non-hydrogen) atoms. The highest BCUT2D eigenvalue weighted by atomic mass is 79.9. The average molecular weight is 358 g/mol. The molecule has 0 fully saturated rings. The number of para-hydroxylation sites is 1. The third-order valence-corrected chi connectivity index (χ3v) is 3.82. The van der Waals surface area contributed by atoms with E-state index in [4.69, 9.17) is 0 Å². The Balaban J connectivity index is 1.91. The highest BCUT2D eigenvalue weighted by Crippen LogP contribution is 2.25. The molecular weight excluding hydrogens is 349 g/mol. The van der Waals surface area contributed by atoms with Crippen LogP contribution in [0.2, 0.25) is 0 Å². The second kappa shape index (κ2) is 5.03. The van der Waals surface area contributed by atoms with E-state index >= 15 is 0 Å². The lowest BCUT2D eigenvalue weighted by atomic mass is 10.2. The van der Waals surface area contributed by atoms with Gasteiger partial charge in [-0.1, -0.05) is 28.1 Å². The number of hydrogen-bond acceptors (Lipinski definition) is 4. The second-order valence-electron chi connectivity index (χ2n) is 4.73. The lowest BCUT2D eigenvalue weighted by Gasteiger charge is -2.10. The van der Waals surface area contributed by atoms with Crippen molar-refractivity contribution in [1.82, 2.24) is 19.6 Å². The minimum Gasteiger partial charge on any atom is -0.323 e. The van der Waals surface area contributed by atoms with Crippen LogP contribution in [-0.4, -0.2) is 19.6 Å². The molecule has 0 radical (unpaired) electrons. The van der Waals surface area contributed by atoms with Gasteiger partial charge in [-0.3, -0.25) is 4.40 Å². The molecule has 2 heterocycles. The van der Waals surface area contributed by atoms with Crippen molar-refractivity contribution in [3.05, 3.63) is 59.1 Å². The molecule has 0 bridgehead atoms. The van der Waals surface area contributed by atoms with Gasteiger partial charge in [-0.25, -0.2) is 9.37 Å². The van der Waals surface area contributed by atoms with Gasteiger partial charge in [0.1, 0.15) is 12.1 Å². The molecular formula is C15H9BrFN5. The molecule has 1 N–H and O–H groups in total. The monoisotopic (exact) mass is 357 g/mol. The zero-order valence-electron chi connectivity index (χ0n) is 11.2. The van der Waals surface area contributed by atoms with Gasteiger partial charge in [-0.05, 0) is 30.3 Å². The van der Waals surface area contributed by atoms with Gasteiger partial charge in [0, 0.05) is 9.86 Å². The fourth-order valence-corrected chi connectivity index (χ4v) is 2.63. The van der Waals surface area contributed by atoms with Crippen molar-refractivity contribution in [2.45, 2.75) is 0 Å². The van der Waals surface area contributed by atoms with Gasteiger partial charge in [-0.15, -0.1) is 10.2 Å². The van der Waals surface area contributed by atoms with Crippen LogP contribution in [0.15, 0.2) is 53.3 Å². The van der Waals surface area contributed by atoms with Crippen LogP contribution in [0.1, 0.15) is 0 Å². The van der Waals surface area contributed by atoms with E-state index in [-0.39, 0.29) is 5.82 Å². The number of rotatable bonds is 2. The molecule has 0 spiro atoms. The summed E-state index contributed by atoms with van der Waals surface area (Å²) >= 11 is 3.24. The molecule has 7 heteroatoms. The van der Waals surface area contributed by atoms with E-state index in [9.17, 15) is 4.39 Å². The fraction of sp³-hybridized carbons (Fsp3) is 0. The number of aromatic nitrogens is 4. The predicted octanol–water partition coefficient (Wildman–Crippen LogP) is 3.92. The van der Waals surface area contributed by atoms with Crippen molar-refractivity contribution in [2.24, 2.45) is 0 Å². The van der Waals surface area contributed by atoms with E-state index in [1.165, 1.54) is 6.07 Å². The summed E-state index contributed by atoms with van der Waals surface area (Å²) in [4.78, 5) is 4.53. The lowest BCUT2D eigenvalue weighted by Crippen LogP contribution is -2.03. The quantitative estimate of drug-likeness (QED) is 0.590. The average Bonchev–Trinajstić information content (AvgIpc) is 3.00. The number of anilines is 2. The second-order valence-corrected chi connectivity index (χ2v) is 5.64. The number of halogens is 2. The normalized spacial score (nSPS) is 11.2. The largest absolute Gasteiger partial charge is 0.323 e. The molecule has 108 valence electrons. The molecule has 0 amide bonds. The first kappa shape index (κ1) is 13.1. The van der Waals surface area contributed by atoms with Gasteiger partial charge in [0.15, 0.2) is 5.65 Å². The maximum absolute atomic E-state index is 14.0. The Kier molecular flexibility index (Phi) is 3.00. The van der Waals surface area contributed by atoms with Crippen molar-refractivity contribution in [1.29, 1.82) is 0 Å². The van der Waals surface area contributed by atoms with Crippen LogP contribution in [0, 0.1) is 5.82 Å². The molecule has 2 aromatic carbocycles. The van der Waals surface area contributed by atoms with Gasteiger partial charge in [-0.2, -0.15) is 0 Å². The summed E-state index contributed by atoms with van der Waals surface area (Å²) in [5.74, 6) is 0.0884. The molecule has 0 saturated carbocycles. The minimum absolute atomic E-state index is 0.334. The van der Waals surface area contributed by atoms with E-state index < -0.39 is 0 Å². The van der Waals surface area contributed by atoms with E-state index in [1.807, 2.05) is 24.3 Å². The highest BCUT2D eigenvalue weighted by Gasteiger charge is 2.11. The number of nitrogens with one attached hydrogen (secondary N) is 1. The molecule has 0 aliphatic heterocycles. The first-order valence-corrected chi connectivity index (χ1v) is 7.32. The van der Waals surface area contributed by atoms with Crippen molar-refractivity contribution < 1.29 is 4.39 Å².